The first-order valence-electron chi connectivity index (χ1n) is 17.3. The smallest absolute Gasteiger partial charge is 0.238 e. The van der Waals surface area contributed by atoms with Crippen LogP contribution < -0.4 is 0 Å². The lowest BCUT2D eigenvalue weighted by molar-refractivity contribution is -0.0394. The van der Waals surface area contributed by atoms with E-state index in [9.17, 15) is 0 Å². The number of hydrogen-bond acceptors (Lipinski definition) is 3. The van der Waals surface area contributed by atoms with Crippen LogP contribution in [0.4, 0.5) is 0 Å². The number of rotatable bonds is 3. The molecule has 12 rings (SSSR count). The van der Waals surface area contributed by atoms with Crippen molar-refractivity contribution in [2.45, 2.75) is 37.5 Å². The summed E-state index contributed by atoms with van der Waals surface area (Å²) in [5, 5.41) is 2.55. The largest absolute Gasteiger partial charge is 0.277 e. The Kier molecular flexibility index (Phi) is 5.25. The summed E-state index contributed by atoms with van der Waals surface area (Å²) in [4.78, 5) is 15.7. The minimum Gasteiger partial charge on any atom is -0.277 e. The SMILES string of the molecule is c1ccc(-c2nc(-c3ccccc3)nc(-n3c4ccccc4c4ccc5c(c43)C3(c4ccccc4-5)C4CC5CC(C4)CC3C5)n2)cc1. The Labute approximate surface area is 274 Å². The van der Waals surface area contributed by atoms with Crippen molar-refractivity contribution in [1.29, 1.82) is 0 Å². The molecule has 47 heavy (non-hydrogen) atoms. The number of fused-ring (bicyclic) bond motifs is 7. The second-order valence-electron chi connectivity index (χ2n) is 14.5. The number of nitrogens with zero attached hydrogens (tertiary/aromatic N) is 4. The van der Waals surface area contributed by atoms with Crippen molar-refractivity contribution < 1.29 is 0 Å². The van der Waals surface area contributed by atoms with Crippen molar-refractivity contribution in [3.05, 3.63) is 132 Å². The quantitative estimate of drug-likeness (QED) is 0.201. The monoisotopic (exact) mass is 606 g/mol. The van der Waals surface area contributed by atoms with E-state index in [4.69, 9.17) is 15.0 Å². The molecule has 1 spiro atoms. The third kappa shape index (κ3) is 3.45. The van der Waals surface area contributed by atoms with Gasteiger partial charge in [0, 0.05) is 27.3 Å². The first kappa shape index (κ1) is 26.0. The molecule has 0 N–H and O–H groups in total. The van der Waals surface area contributed by atoms with E-state index >= 15 is 0 Å². The van der Waals surface area contributed by atoms with Crippen LogP contribution in [0.5, 0.6) is 0 Å². The highest BCUT2D eigenvalue weighted by Gasteiger charge is 2.62. The zero-order chi connectivity index (χ0) is 30.7. The second kappa shape index (κ2) is 9.48. The first-order valence-corrected chi connectivity index (χ1v) is 17.3. The molecule has 4 nitrogen and oxygen atoms in total. The Morgan fingerprint density at radius 1 is 0.511 bits per heavy atom. The van der Waals surface area contributed by atoms with E-state index in [-0.39, 0.29) is 5.41 Å². The first-order chi connectivity index (χ1) is 23.3. The number of para-hydroxylation sites is 1. The summed E-state index contributed by atoms with van der Waals surface area (Å²) < 4.78 is 2.41. The van der Waals surface area contributed by atoms with Gasteiger partial charge in [-0.05, 0) is 84.1 Å². The summed E-state index contributed by atoms with van der Waals surface area (Å²) in [7, 11) is 0. The van der Waals surface area contributed by atoms with Crippen LogP contribution in [0.3, 0.4) is 0 Å². The molecular weight excluding hydrogens is 573 g/mol. The van der Waals surface area contributed by atoms with Crippen LogP contribution in [0.15, 0.2) is 121 Å². The van der Waals surface area contributed by atoms with E-state index in [1.807, 2.05) is 12.1 Å². The van der Waals surface area contributed by atoms with E-state index < -0.39 is 0 Å². The van der Waals surface area contributed by atoms with Crippen LogP contribution in [0.25, 0.3) is 61.7 Å². The molecule has 4 heteroatoms. The topological polar surface area (TPSA) is 43.6 Å². The summed E-state index contributed by atoms with van der Waals surface area (Å²) in [5.41, 5.74) is 10.4. The van der Waals surface area contributed by atoms with E-state index in [2.05, 4.69) is 114 Å². The van der Waals surface area contributed by atoms with Crippen molar-refractivity contribution in [2.75, 3.05) is 0 Å². The van der Waals surface area contributed by atoms with Crippen LogP contribution in [0, 0.1) is 23.7 Å². The zero-order valence-corrected chi connectivity index (χ0v) is 26.2. The van der Waals surface area contributed by atoms with Gasteiger partial charge in [0.1, 0.15) is 0 Å². The fourth-order valence-corrected chi connectivity index (χ4v) is 10.8. The van der Waals surface area contributed by atoms with E-state index in [0.717, 1.165) is 28.5 Å². The highest BCUT2D eigenvalue weighted by molar-refractivity contribution is 6.13. The maximum absolute atomic E-state index is 5.31. The standard InChI is InChI=1S/C43H34N4/c1-3-11-28(12-4-1)40-44-41(29-13-5-2-6-14-29)46-42(45-40)47-37-18-10-8-16-33(37)35-20-19-34-32-15-7-9-17-36(32)43(38(34)39(35)47)30-22-26-21-27(24-30)25-31(43)23-26/h1-20,26-27,30-31H,21-25H2. The number of aromatic nitrogens is 4. The molecule has 2 aromatic heterocycles. The minimum atomic E-state index is 0.0164. The molecule has 4 fully saturated rings. The van der Waals surface area contributed by atoms with Gasteiger partial charge in [0.2, 0.25) is 5.95 Å². The zero-order valence-electron chi connectivity index (χ0n) is 26.2. The normalized spacial score (nSPS) is 25.1. The molecule has 2 heterocycles. The Hall–Kier alpha value is -5.09. The van der Waals surface area contributed by atoms with Crippen molar-refractivity contribution in [2.24, 2.45) is 23.7 Å². The van der Waals surface area contributed by atoms with E-state index in [0.29, 0.717) is 29.4 Å². The van der Waals surface area contributed by atoms with Gasteiger partial charge in [-0.15, -0.1) is 0 Å². The van der Waals surface area contributed by atoms with Crippen molar-refractivity contribution >= 4 is 21.8 Å². The summed E-state index contributed by atoms with van der Waals surface area (Å²) in [6, 6.07) is 43.7. The van der Waals surface area contributed by atoms with Gasteiger partial charge in [-0.3, -0.25) is 4.57 Å². The summed E-state index contributed by atoms with van der Waals surface area (Å²) in [6.07, 6.45) is 6.83. The predicted octanol–water partition coefficient (Wildman–Crippen LogP) is 10.0. The summed E-state index contributed by atoms with van der Waals surface area (Å²) >= 11 is 0. The highest BCUT2D eigenvalue weighted by Crippen LogP contribution is 2.70. The Balaban J connectivity index is 1.28. The highest BCUT2D eigenvalue weighted by atomic mass is 15.2. The van der Waals surface area contributed by atoms with Gasteiger partial charge in [0.05, 0.1) is 11.0 Å². The van der Waals surface area contributed by atoms with Crippen LogP contribution in [-0.2, 0) is 5.41 Å². The molecule has 0 unspecified atom stereocenters. The average molecular weight is 607 g/mol. The van der Waals surface area contributed by atoms with Gasteiger partial charge < -0.3 is 0 Å². The molecule has 226 valence electrons. The van der Waals surface area contributed by atoms with Gasteiger partial charge in [-0.1, -0.05) is 115 Å². The van der Waals surface area contributed by atoms with Crippen LogP contribution in [0.2, 0.25) is 0 Å². The lowest BCUT2D eigenvalue weighted by atomic mass is 9.43. The summed E-state index contributed by atoms with van der Waals surface area (Å²) in [6.45, 7) is 0. The molecule has 4 bridgehead atoms. The minimum absolute atomic E-state index is 0.0164. The second-order valence-corrected chi connectivity index (χ2v) is 14.5. The fraction of sp³-hybridized carbons (Fsp3) is 0.233. The van der Waals surface area contributed by atoms with Crippen LogP contribution in [0.1, 0.15) is 43.2 Å². The van der Waals surface area contributed by atoms with Gasteiger partial charge in [-0.2, -0.15) is 9.97 Å². The van der Waals surface area contributed by atoms with Crippen molar-refractivity contribution in [1.82, 2.24) is 19.5 Å². The van der Waals surface area contributed by atoms with Gasteiger partial charge >= 0.3 is 0 Å². The lowest BCUT2D eigenvalue weighted by Crippen LogP contribution is -2.55. The van der Waals surface area contributed by atoms with Crippen molar-refractivity contribution in [3.8, 4) is 39.9 Å². The third-order valence-corrected chi connectivity index (χ3v) is 12.2. The van der Waals surface area contributed by atoms with Crippen LogP contribution in [-0.4, -0.2) is 19.5 Å². The maximum Gasteiger partial charge on any atom is 0.238 e. The third-order valence-electron chi connectivity index (χ3n) is 12.2. The molecular formula is C43H34N4. The molecule has 5 aliphatic rings. The van der Waals surface area contributed by atoms with Gasteiger partial charge in [0.25, 0.3) is 0 Å². The maximum atomic E-state index is 5.31. The van der Waals surface area contributed by atoms with Gasteiger partial charge in [0.15, 0.2) is 11.6 Å². The average Bonchev–Trinajstić information content (AvgIpc) is 3.62. The van der Waals surface area contributed by atoms with Crippen molar-refractivity contribution in [3.63, 3.8) is 0 Å². The van der Waals surface area contributed by atoms with Gasteiger partial charge in [-0.25, -0.2) is 4.98 Å². The molecule has 0 saturated heterocycles. The van der Waals surface area contributed by atoms with E-state index in [1.54, 1.807) is 5.56 Å². The van der Waals surface area contributed by atoms with Crippen LogP contribution >= 0.6 is 0 Å². The Morgan fingerprint density at radius 3 is 1.79 bits per heavy atom. The molecule has 0 atom stereocenters. The molecule has 0 amide bonds. The Morgan fingerprint density at radius 2 is 1.11 bits per heavy atom. The molecule has 4 saturated carbocycles. The molecule has 5 aliphatic carbocycles. The predicted molar refractivity (Wildman–Crippen MR) is 188 cm³/mol. The summed E-state index contributed by atoms with van der Waals surface area (Å²) in [5.74, 6) is 5.17. The molecule has 0 radical (unpaired) electrons. The Bertz CT molecular complexity index is 2290. The number of hydrogen-bond donors (Lipinski definition) is 0. The molecule has 5 aromatic carbocycles. The fourth-order valence-electron chi connectivity index (χ4n) is 10.8. The van der Waals surface area contributed by atoms with E-state index in [1.165, 1.54) is 65.1 Å². The molecule has 0 aliphatic heterocycles. The number of benzene rings is 5. The lowest BCUT2D eigenvalue weighted by Gasteiger charge is -2.61. The molecule has 7 aromatic rings.